The first-order valence-corrected chi connectivity index (χ1v) is 9.62. The number of carbonyl (C=O) groups excluding carboxylic acids is 1. The highest BCUT2D eigenvalue weighted by atomic mass is 32.2. The van der Waals surface area contributed by atoms with Crippen LogP contribution in [0.3, 0.4) is 0 Å². The highest BCUT2D eigenvalue weighted by Crippen LogP contribution is 2.37. The number of amides is 1. The Morgan fingerprint density at radius 2 is 2.12 bits per heavy atom. The Balaban J connectivity index is 0.000000314. The number of nitrogens with one attached hydrogen (secondary N) is 1. The number of nitrogens with two attached hydrogens (primary N) is 2. The van der Waals surface area contributed by atoms with Gasteiger partial charge in [0.15, 0.2) is 0 Å². The molecule has 0 atom stereocenters. The Morgan fingerprint density at radius 1 is 1.32 bits per heavy atom. The largest absolute Gasteiger partial charge is 0.365 e. The van der Waals surface area contributed by atoms with Crippen molar-refractivity contribution in [2.24, 2.45) is 11.5 Å². The van der Waals surface area contributed by atoms with Gasteiger partial charge in [0.25, 0.3) is 11.5 Å². The number of aromatic amines is 1. The molecule has 1 saturated carbocycles. The Bertz CT molecular complexity index is 863. The van der Waals surface area contributed by atoms with Gasteiger partial charge >= 0.3 is 0 Å². The Labute approximate surface area is 150 Å². The number of thioether (sulfide) groups is 1. The summed E-state index contributed by atoms with van der Waals surface area (Å²) in [6, 6.07) is 5.96. The highest BCUT2D eigenvalue weighted by molar-refractivity contribution is 8.02. The van der Waals surface area contributed by atoms with Gasteiger partial charge in [0.2, 0.25) is 0 Å². The number of pyridine rings is 1. The van der Waals surface area contributed by atoms with Gasteiger partial charge in [-0.1, -0.05) is 24.6 Å². The minimum Gasteiger partial charge on any atom is -0.365 e. The normalized spacial score (nSPS) is 16.4. The molecule has 1 amide bonds. The number of primary amides is 1. The van der Waals surface area contributed by atoms with Crippen LogP contribution in [0, 0.1) is 0 Å². The summed E-state index contributed by atoms with van der Waals surface area (Å²) in [5, 5.41) is 2.95. The molecule has 0 unspecified atom stereocenters. The summed E-state index contributed by atoms with van der Waals surface area (Å²) in [6.45, 7) is 0.113. The summed E-state index contributed by atoms with van der Waals surface area (Å²) in [7, 11) is 0. The van der Waals surface area contributed by atoms with Crippen molar-refractivity contribution in [3.05, 3.63) is 56.7 Å². The van der Waals surface area contributed by atoms with Gasteiger partial charge < -0.3 is 16.5 Å². The topological polar surface area (TPSA) is 102 Å². The zero-order valence-corrected chi connectivity index (χ0v) is 14.9. The zero-order chi connectivity index (χ0) is 17.8. The predicted octanol–water partition coefficient (Wildman–Crippen LogP) is 2.99. The first-order chi connectivity index (χ1) is 12.1. The van der Waals surface area contributed by atoms with E-state index in [0.29, 0.717) is 11.5 Å². The molecular formula is C19H23N3O2S. The molecule has 5 nitrogen and oxygen atoms in total. The quantitative estimate of drug-likeness (QED) is 0.786. The number of fused-ring (bicyclic) bond motifs is 1. The van der Waals surface area contributed by atoms with E-state index in [1.165, 1.54) is 37.0 Å². The maximum Gasteiger partial charge on any atom is 0.261 e. The second-order valence-electron chi connectivity index (χ2n) is 6.34. The number of hydrogen-bond acceptors (Lipinski definition) is 4. The van der Waals surface area contributed by atoms with Gasteiger partial charge in [-0.15, -0.1) is 11.8 Å². The van der Waals surface area contributed by atoms with Crippen molar-refractivity contribution < 1.29 is 4.79 Å². The third kappa shape index (κ3) is 3.80. The number of carbonyl (C=O) groups is 1. The van der Waals surface area contributed by atoms with E-state index in [4.69, 9.17) is 11.5 Å². The fraction of sp³-hybridized carbons (Fsp3) is 0.368. The van der Waals surface area contributed by atoms with Crippen LogP contribution in [0.1, 0.15) is 53.1 Å². The fourth-order valence-corrected chi connectivity index (χ4v) is 3.87. The molecule has 1 aliphatic carbocycles. The third-order valence-electron chi connectivity index (χ3n) is 4.77. The molecule has 1 aromatic carbocycles. The Kier molecular flexibility index (Phi) is 5.60. The van der Waals surface area contributed by atoms with Gasteiger partial charge in [0.1, 0.15) is 5.56 Å². The van der Waals surface area contributed by atoms with E-state index in [1.54, 1.807) is 0 Å². The van der Waals surface area contributed by atoms with Crippen LogP contribution in [0.5, 0.6) is 0 Å². The molecule has 132 valence electrons. The molecule has 0 bridgehead atoms. The monoisotopic (exact) mass is 357 g/mol. The van der Waals surface area contributed by atoms with E-state index in [9.17, 15) is 9.59 Å². The molecule has 0 radical (unpaired) electrons. The Morgan fingerprint density at radius 3 is 2.60 bits per heavy atom. The highest BCUT2D eigenvalue weighted by Gasteiger charge is 2.21. The molecule has 1 aliphatic heterocycles. The minimum absolute atomic E-state index is 0.0311. The maximum absolute atomic E-state index is 12.0. The van der Waals surface area contributed by atoms with Crippen molar-refractivity contribution in [3.63, 3.8) is 0 Å². The lowest BCUT2D eigenvalue weighted by atomic mass is 9.79. The summed E-state index contributed by atoms with van der Waals surface area (Å²) < 4.78 is 0. The van der Waals surface area contributed by atoms with Gasteiger partial charge in [-0.25, -0.2) is 0 Å². The summed E-state index contributed by atoms with van der Waals surface area (Å²) in [5.41, 5.74) is 13.0. The summed E-state index contributed by atoms with van der Waals surface area (Å²) in [4.78, 5) is 26.2. The van der Waals surface area contributed by atoms with Crippen LogP contribution in [0.25, 0.3) is 10.9 Å². The molecule has 1 fully saturated rings. The second kappa shape index (κ2) is 7.89. The van der Waals surface area contributed by atoms with Crippen LogP contribution in [0.15, 0.2) is 34.5 Å². The van der Waals surface area contributed by atoms with Crippen molar-refractivity contribution in [1.29, 1.82) is 0 Å². The van der Waals surface area contributed by atoms with Gasteiger partial charge in [-0.05, 0) is 47.8 Å². The zero-order valence-electron chi connectivity index (χ0n) is 14.1. The molecule has 1 aromatic heterocycles. The average molecular weight is 357 g/mol. The SMILES string of the molecule is C1=CSCC1.NCc1c(C(N)=O)c(=O)[nH]c2cc(C3CCC3)ccc12. The van der Waals surface area contributed by atoms with E-state index in [2.05, 4.69) is 22.5 Å². The molecule has 2 aromatic rings. The van der Waals surface area contributed by atoms with Gasteiger partial charge in [-0.3, -0.25) is 9.59 Å². The predicted molar refractivity (Wildman–Crippen MR) is 104 cm³/mol. The van der Waals surface area contributed by atoms with Crippen LogP contribution in [0.2, 0.25) is 0 Å². The van der Waals surface area contributed by atoms with E-state index in [1.807, 2.05) is 23.9 Å². The van der Waals surface area contributed by atoms with E-state index in [0.717, 1.165) is 10.9 Å². The maximum atomic E-state index is 12.0. The van der Waals surface area contributed by atoms with Crippen LogP contribution in [-0.4, -0.2) is 16.6 Å². The lowest BCUT2D eigenvalue weighted by Crippen LogP contribution is -2.27. The van der Waals surface area contributed by atoms with Gasteiger partial charge in [0.05, 0.1) is 0 Å². The average Bonchev–Trinajstić information content (AvgIpc) is 3.11. The van der Waals surface area contributed by atoms with Crippen molar-refractivity contribution >= 4 is 28.6 Å². The molecule has 2 aliphatic rings. The summed E-state index contributed by atoms with van der Waals surface area (Å²) >= 11 is 1.89. The van der Waals surface area contributed by atoms with Crippen LogP contribution < -0.4 is 17.0 Å². The molecule has 0 saturated heterocycles. The lowest BCUT2D eigenvalue weighted by molar-refractivity contribution is 0.0998. The van der Waals surface area contributed by atoms with Crippen LogP contribution >= 0.6 is 11.8 Å². The van der Waals surface area contributed by atoms with Crippen LogP contribution in [-0.2, 0) is 6.54 Å². The molecule has 4 rings (SSSR count). The lowest BCUT2D eigenvalue weighted by Gasteiger charge is -2.26. The molecule has 0 spiro atoms. The van der Waals surface area contributed by atoms with Crippen molar-refractivity contribution in [1.82, 2.24) is 4.98 Å². The van der Waals surface area contributed by atoms with Crippen molar-refractivity contribution in [2.75, 3.05) is 5.75 Å². The number of H-pyrrole nitrogens is 1. The third-order valence-corrected chi connectivity index (χ3v) is 5.62. The van der Waals surface area contributed by atoms with Crippen molar-refractivity contribution in [3.8, 4) is 0 Å². The number of hydrogen-bond donors (Lipinski definition) is 3. The first-order valence-electron chi connectivity index (χ1n) is 8.57. The standard InChI is InChI=1S/C15H17N3O2.C4H6S/c16-7-11-10-5-4-9(8-2-1-3-8)6-12(10)18-15(20)13(11)14(17)19;1-2-4-5-3-1/h4-6,8H,1-3,7,16H2,(H2,17,19)(H,18,20);1,3H,2,4H2. The number of allylic oxidation sites excluding steroid dienone is 1. The van der Waals surface area contributed by atoms with E-state index < -0.39 is 11.5 Å². The number of rotatable bonds is 3. The van der Waals surface area contributed by atoms with Crippen molar-refractivity contribution in [2.45, 2.75) is 38.1 Å². The van der Waals surface area contributed by atoms with E-state index >= 15 is 0 Å². The molecule has 5 N–H and O–H groups in total. The molecule has 2 heterocycles. The smallest absolute Gasteiger partial charge is 0.261 e. The van der Waals surface area contributed by atoms with Gasteiger partial charge in [-0.2, -0.15) is 0 Å². The van der Waals surface area contributed by atoms with Crippen LogP contribution in [0.4, 0.5) is 0 Å². The van der Waals surface area contributed by atoms with E-state index in [-0.39, 0.29) is 12.1 Å². The first kappa shape index (κ1) is 17.8. The summed E-state index contributed by atoms with van der Waals surface area (Å²) in [6.07, 6.45) is 7.13. The second-order valence-corrected chi connectivity index (χ2v) is 7.35. The Hall–Kier alpha value is -2.05. The fourth-order valence-electron chi connectivity index (χ4n) is 3.19. The molecular weight excluding hydrogens is 334 g/mol. The molecule has 6 heteroatoms. The molecule has 25 heavy (non-hydrogen) atoms. The number of aromatic nitrogens is 1. The number of benzene rings is 1. The minimum atomic E-state index is -0.739. The van der Waals surface area contributed by atoms with Gasteiger partial charge in [0, 0.05) is 23.2 Å². The summed E-state index contributed by atoms with van der Waals surface area (Å²) in [5.74, 6) is 1.15.